The second-order valence-corrected chi connectivity index (χ2v) is 5.95. The van der Waals surface area contributed by atoms with Crippen LogP contribution in [0.4, 0.5) is 0 Å². The molecule has 1 aromatic heterocycles. The predicted octanol–water partition coefficient (Wildman–Crippen LogP) is 3.80. The van der Waals surface area contributed by atoms with Crippen LogP contribution in [0, 0.1) is 6.92 Å². The number of aliphatic imine (C=N–C) groups is 1. The van der Waals surface area contributed by atoms with E-state index in [4.69, 9.17) is 4.99 Å². The first-order valence-corrected chi connectivity index (χ1v) is 8.67. The molecule has 0 spiro atoms. The van der Waals surface area contributed by atoms with E-state index in [9.17, 15) is 0 Å². The van der Waals surface area contributed by atoms with E-state index in [0.29, 0.717) is 13.1 Å². The van der Waals surface area contributed by atoms with Crippen LogP contribution in [0.2, 0.25) is 0 Å². The fourth-order valence-electron chi connectivity index (χ4n) is 2.78. The molecule has 2 N–H and O–H groups in total. The molecule has 0 aliphatic heterocycles. The van der Waals surface area contributed by atoms with Gasteiger partial charge in [0.15, 0.2) is 5.96 Å². The summed E-state index contributed by atoms with van der Waals surface area (Å²) in [5.41, 5.74) is 3.53. The van der Waals surface area contributed by atoms with Crippen molar-refractivity contribution < 1.29 is 0 Å². The molecule has 128 valence electrons. The molecule has 0 unspecified atom stereocenters. The van der Waals surface area contributed by atoms with Gasteiger partial charge in [0, 0.05) is 18.1 Å². The molecule has 4 heteroatoms. The standard InChI is InChI=1S/C21H24N4/c1-3-22-21(24-14-18-10-5-4-8-16(18)2)25-15-20-19-11-7-6-9-17(19)12-13-23-20/h4-13H,3,14-15H2,1-2H3,(H2,22,24,25). The van der Waals surface area contributed by atoms with Gasteiger partial charge in [-0.05, 0) is 36.4 Å². The average molecular weight is 332 g/mol. The highest BCUT2D eigenvalue weighted by molar-refractivity contribution is 5.85. The van der Waals surface area contributed by atoms with Gasteiger partial charge in [0.25, 0.3) is 0 Å². The molecule has 4 nitrogen and oxygen atoms in total. The van der Waals surface area contributed by atoms with Crippen molar-refractivity contribution in [2.24, 2.45) is 4.99 Å². The second-order valence-electron chi connectivity index (χ2n) is 5.95. The van der Waals surface area contributed by atoms with Crippen LogP contribution in [-0.2, 0) is 13.1 Å². The summed E-state index contributed by atoms with van der Waals surface area (Å²) < 4.78 is 0. The van der Waals surface area contributed by atoms with Crippen LogP contribution in [0.5, 0.6) is 0 Å². The van der Waals surface area contributed by atoms with Crippen molar-refractivity contribution in [3.05, 3.63) is 77.6 Å². The number of pyridine rings is 1. The zero-order valence-corrected chi connectivity index (χ0v) is 14.8. The molecule has 0 bridgehead atoms. The summed E-state index contributed by atoms with van der Waals surface area (Å²) in [5.74, 6) is 0.806. The van der Waals surface area contributed by atoms with Gasteiger partial charge in [-0.15, -0.1) is 0 Å². The average Bonchev–Trinajstić information content (AvgIpc) is 2.65. The highest BCUT2D eigenvalue weighted by Crippen LogP contribution is 2.16. The van der Waals surface area contributed by atoms with Crippen LogP contribution in [0.15, 0.2) is 65.8 Å². The lowest BCUT2D eigenvalue weighted by Crippen LogP contribution is -2.37. The number of nitrogens with zero attached hydrogens (tertiary/aromatic N) is 2. The van der Waals surface area contributed by atoms with E-state index in [2.05, 4.69) is 65.9 Å². The van der Waals surface area contributed by atoms with Crippen molar-refractivity contribution in [2.75, 3.05) is 6.54 Å². The van der Waals surface area contributed by atoms with Crippen LogP contribution in [0.25, 0.3) is 10.8 Å². The van der Waals surface area contributed by atoms with Crippen molar-refractivity contribution >= 4 is 16.7 Å². The van der Waals surface area contributed by atoms with Gasteiger partial charge in [-0.3, -0.25) is 4.98 Å². The van der Waals surface area contributed by atoms with Crippen molar-refractivity contribution in [2.45, 2.75) is 26.9 Å². The molecule has 0 radical (unpaired) electrons. The van der Waals surface area contributed by atoms with Gasteiger partial charge >= 0.3 is 0 Å². The molecule has 3 rings (SSSR count). The van der Waals surface area contributed by atoms with Crippen molar-refractivity contribution in [3.63, 3.8) is 0 Å². The molecular formula is C21H24N4. The summed E-state index contributed by atoms with van der Waals surface area (Å²) >= 11 is 0. The number of hydrogen-bond donors (Lipinski definition) is 2. The Kier molecular flexibility index (Phi) is 5.62. The summed E-state index contributed by atoms with van der Waals surface area (Å²) in [5, 5.41) is 9.08. The number of guanidine groups is 1. The lowest BCUT2D eigenvalue weighted by atomic mass is 10.1. The minimum atomic E-state index is 0.640. The first kappa shape index (κ1) is 17.0. The number of nitrogens with one attached hydrogen (secondary N) is 2. The number of fused-ring (bicyclic) bond motifs is 1. The summed E-state index contributed by atoms with van der Waals surface area (Å²) in [6.07, 6.45) is 1.86. The molecule has 0 fully saturated rings. The number of rotatable bonds is 5. The van der Waals surface area contributed by atoms with Crippen molar-refractivity contribution in [1.82, 2.24) is 15.6 Å². The van der Waals surface area contributed by atoms with E-state index < -0.39 is 0 Å². The minimum absolute atomic E-state index is 0.640. The van der Waals surface area contributed by atoms with Crippen LogP contribution < -0.4 is 10.6 Å². The Morgan fingerprint density at radius 1 is 1.00 bits per heavy atom. The topological polar surface area (TPSA) is 49.3 Å². The quantitative estimate of drug-likeness (QED) is 0.552. The lowest BCUT2D eigenvalue weighted by molar-refractivity contribution is 0.804. The fraction of sp³-hybridized carbons (Fsp3) is 0.238. The summed E-state index contributed by atoms with van der Waals surface area (Å²) in [4.78, 5) is 9.23. The third kappa shape index (κ3) is 4.35. The Balaban J connectivity index is 1.73. The third-order valence-electron chi connectivity index (χ3n) is 4.19. The summed E-state index contributed by atoms with van der Waals surface area (Å²) in [7, 11) is 0. The normalized spacial score (nSPS) is 11.5. The highest BCUT2D eigenvalue weighted by Gasteiger charge is 2.04. The Morgan fingerprint density at radius 3 is 2.64 bits per heavy atom. The Labute approximate surface area is 149 Å². The lowest BCUT2D eigenvalue weighted by Gasteiger charge is -2.12. The second kappa shape index (κ2) is 8.29. The largest absolute Gasteiger partial charge is 0.357 e. The number of hydrogen-bond acceptors (Lipinski definition) is 2. The molecule has 0 amide bonds. The first-order valence-electron chi connectivity index (χ1n) is 8.67. The Morgan fingerprint density at radius 2 is 1.80 bits per heavy atom. The summed E-state index contributed by atoms with van der Waals surface area (Å²) in [6, 6.07) is 18.7. The van der Waals surface area contributed by atoms with Gasteiger partial charge in [0.05, 0.1) is 18.8 Å². The van der Waals surface area contributed by atoms with E-state index in [0.717, 1.165) is 18.2 Å². The monoisotopic (exact) mass is 332 g/mol. The molecule has 0 atom stereocenters. The predicted molar refractivity (Wildman–Crippen MR) is 105 cm³/mol. The molecule has 0 aliphatic rings. The molecule has 3 aromatic rings. The van der Waals surface area contributed by atoms with E-state index in [-0.39, 0.29) is 0 Å². The fourth-order valence-corrected chi connectivity index (χ4v) is 2.78. The maximum absolute atomic E-state index is 4.71. The Hall–Kier alpha value is -2.88. The minimum Gasteiger partial charge on any atom is -0.357 e. The molecule has 0 saturated carbocycles. The number of aromatic nitrogens is 1. The van der Waals surface area contributed by atoms with Gasteiger partial charge in [-0.2, -0.15) is 0 Å². The molecule has 25 heavy (non-hydrogen) atoms. The van der Waals surface area contributed by atoms with E-state index in [1.807, 2.05) is 24.4 Å². The Bertz CT molecular complexity index is 865. The first-order chi connectivity index (χ1) is 12.3. The van der Waals surface area contributed by atoms with Gasteiger partial charge in [0.1, 0.15) is 0 Å². The zero-order valence-electron chi connectivity index (χ0n) is 14.8. The number of benzene rings is 2. The molecule has 1 heterocycles. The van der Waals surface area contributed by atoms with Crippen LogP contribution in [-0.4, -0.2) is 17.5 Å². The molecule has 2 aromatic carbocycles. The van der Waals surface area contributed by atoms with Gasteiger partial charge in [-0.25, -0.2) is 4.99 Å². The number of aryl methyl sites for hydroxylation is 1. The SMILES string of the molecule is CCNC(=NCc1ccccc1C)NCc1nccc2ccccc12. The van der Waals surface area contributed by atoms with Crippen molar-refractivity contribution in [1.29, 1.82) is 0 Å². The van der Waals surface area contributed by atoms with E-state index >= 15 is 0 Å². The van der Waals surface area contributed by atoms with Crippen LogP contribution in [0.1, 0.15) is 23.7 Å². The van der Waals surface area contributed by atoms with Crippen LogP contribution >= 0.6 is 0 Å². The molecular weight excluding hydrogens is 308 g/mol. The highest BCUT2D eigenvalue weighted by atomic mass is 15.2. The zero-order chi connectivity index (χ0) is 17.5. The summed E-state index contributed by atoms with van der Waals surface area (Å²) in [6.45, 7) is 6.31. The van der Waals surface area contributed by atoms with Gasteiger partial charge in [-0.1, -0.05) is 48.5 Å². The molecule has 0 aliphatic carbocycles. The van der Waals surface area contributed by atoms with E-state index in [1.165, 1.54) is 21.9 Å². The van der Waals surface area contributed by atoms with Gasteiger partial charge in [0.2, 0.25) is 0 Å². The third-order valence-corrected chi connectivity index (χ3v) is 4.19. The van der Waals surface area contributed by atoms with Crippen LogP contribution in [0.3, 0.4) is 0 Å². The van der Waals surface area contributed by atoms with Gasteiger partial charge < -0.3 is 10.6 Å². The molecule has 0 saturated heterocycles. The maximum Gasteiger partial charge on any atom is 0.191 e. The smallest absolute Gasteiger partial charge is 0.191 e. The van der Waals surface area contributed by atoms with E-state index in [1.54, 1.807) is 0 Å². The maximum atomic E-state index is 4.71. The van der Waals surface area contributed by atoms with Crippen molar-refractivity contribution in [3.8, 4) is 0 Å².